The molecule has 0 saturated carbocycles. The van der Waals surface area contributed by atoms with E-state index in [-0.39, 0.29) is 0 Å². The molecule has 0 aromatic heterocycles. The van der Waals surface area contributed by atoms with E-state index in [0.717, 1.165) is 17.0 Å². The highest BCUT2D eigenvalue weighted by molar-refractivity contribution is 7.97. The third-order valence-electron chi connectivity index (χ3n) is 2.34. The smallest absolute Gasteiger partial charge is 0.0457 e. The molecule has 0 fully saturated rings. The van der Waals surface area contributed by atoms with Crippen molar-refractivity contribution in [3.63, 3.8) is 0 Å². The Labute approximate surface area is 128 Å². The highest BCUT2D eigenvalue weighted by atomic mass is 32.2. The summed E-state index contributed by atoms with van der Waals surface area (Å²) in [6, 6.07) is 8.26. The summed E-state index contributed by atoms with van der Waals surface area (Å²) >= 11 is 1.75. The average Bonchev–Trinajstić information content (AvgIpc) is 2.39. The van der Waals surface area contributed by atoms with Crippen LogP contribution in [0.15, 0.2) is 73.6 Å². The fourth-order valence-corrected chi connectivity index (χ4v) is 1.62. The predicted molar refractivity (Wildman–Crippen MR) is 96.4 cm³/mol. The standard InChI is InChI=1S/C16H19N.C2H6S/c1-6-15(11-13(3)4)17(7-2)16-10-8-9-14(5)12-16;1-3-2/h6-12H,1-3H2,4-5H3;1-2H3/b15-11+;. The van der Waals surface area contributed by atoms with Crippen LogP contribution in [0.4, 0.5) is 5.69 Å². The number of aryl methyl sites for hydroxylation is 1. The molecule has 2 heteroatoms. The second-order valence-electron chi connectivity index (χ2n) is 4.42. The van der Waals surface area contributed by atoms with Crippen molar-refractivity contribution in [2.75, 3.05) is 17.4 Å². The Morgan fingerprint density at radius 3 is 2.25 bits per heavy atom. The number of rotatable bonds is 5. The highest BCUT2D eigenvalue weighted by Crippen LogP contribution is 2.22. The molecule has 0 spiro atoms. The van der Waals surface area contributed by atoms with E-state index >= 15 is 0 Å². The largest absolute Gasteiger partial charge is 0.318 e. The number of allylic oxidation sites excluding steroid dienone is 3. The molecule has 0 aliphatic rings. The zero-order chi connectivity index (χ0) is 15.5. The lowest BCUT2D eigenvalue weighted by atomic mass is 10.2. The van der Waals surface area contributed by atoms with Crippen molar-refractivity contribution in [1.82, 2.24) is 0 Å². The molecular formula is C18H25NS. The van der Waals surface area contributed by atoms with Gasteiger partial charge in [-0.15, -0.1) is 0 Å². The van der Waals surface area contributed by atoms with Crippen LogP contribution in [-0.2, 0) is 0 Å². The lowest BCUT2D eigenvalue weighted by Gasteiger charge is -2.21. The predicted octanol–water partition coefficient (Wildman–Crippen LogP) is 5.57. The first-order valence-electron chi connectivity index (χ1n) is 6.38. The van der Waals surface area contributed by atoms with Crippen LogP contribution in [0.2, 0.25) is 0 Å². The number of hydrogen-bond acceptors (Lipinski definition) is 2. The summed E-state index contributed by atoms with van der Waals surface area (Å²) in [5.41, 5.74) is 4.25. The Bertz CT molecular complexity index is 486. The van der Waals surface area contributed by atoms with Crippen molar-refractivity contribution in [1.29, 1.82) is 0 Å². The molecule has 0 unspecified atom stereocenters. The Morgan fingerprint density at radius 1 is 1.25 bits per heavy atom. The first-order chi connectivity index (χ1) is 9.49. The van der Waals surface area contributed by atoms with E-state index in [1.54, 1.807) is 24.0 Å². The third-order valence-corrected chi connectivity index (χ3v) is 2.34. The highest BCUT2D eigenvalue weighted by Gasteiger charge is 2.05. The van der Waals surface area contributed by atoms with Crippen LogP contribution < -0.4 is 4.90 Å². The quantitative estimate of drug-likeness (QED) is 0.651. The summed E-state index contributed by atoms with van der Waals surface area (Å²) in [6.45, 7) is 15.6. The van der Waals surface area contributed by atoms with Gasteiger partial charge >= 0.3 is 0 Å². The third kappa shape index (κ3) is 6.48. The van der Waals surface area contributed by atoms with Crippen molar-refractivity contribution >= 4 is 17.4 Å². The van der Waals surface area contributed by atoms with Gasteiger partial charge in [-0.3, -0.25) is 0 Å². The van der Waals surface area contributed by atoms with E-state index in [1.165, 1.54) is 5.56 Å². The summed E-state index contributed by atoms with van der Waals surface area (Å²) in [7, 11) is 0. The van der Waals surface area contributed by atoms with E-state index in [4.69, 9.17) is 0 Å². The molecule has 0 aliphatic carbocycles. The van der Waals surface area contributed by atoms with Gasteiger partial charge in [-0.05, 0) is 56.2 Å². The molecule has 1 aromatic rings. The monoisotopic (exact) mass is 287 g/mol. The van der Waals surface area contributed by atoms with Gasteiger partial charge in [0.1, 0.15) is 0 Å². The molecule has 0 radical (unpaired) electrons. The molecular weight excluding hydrogens is 262 g/mol. The van der Waals surface area contributed by atoms with Crippen LogP contribution >= 0.6 is 11.8 Å². The molecule has 0 atom stereocenters. The molecule has 1 rings (SSSR count). The van der Waals surface area contributed by atoms with Gasteiger partial charge in [0, 0.05) is 17.6 Å². The maximum Gasteiger partial charge on any atom is 0.0457 e. The van der Waals surface area contributed by atoms with Crippen LogP contribution in [0.1, 0.15) is 12.5 Å². The van der Waals surface area contributed by atoms with Crippen molar-refractivity contribution < 1.29 is 0 Å². The molecule has 108 valence electrons. The van der Waals surface area contributed by atoms with Crippen molar-refractivity contribution in [3.8, 4) is 0 Å². The van der Waals surface area contributed by atoms with Gasteiger partial charge in [-0.1, -0.05) is 37.4 Å². The maximum absolute atomic E-state index is 3.89. The molecule has 1 aromatic carbocycles. The number of benzene rings is 1. The SMILES string of the molecule is C=C/C(=C\C(=C)C)N(C=C)c1cccc(C)c1.CSC. The molecule has 0 bridgehead atoms. The molecule has 1 nitrogen and oxygen atoms in total. The topological polar surface area (TPSA) is 3.24 Å². The molecule has 0 heterocycles. The van der Waals surface area contributed by atoms with E-state index in [1.807, 2.05) is 42.5 Å². The summed E-state index contributed by atoms with van der Waals surface area (Å²) in [5.74, 6) is 0. The first-order valence-corrected chi connectivity index (χ1v) is 8.01. The minimum absolute atomic E-state index is 0.970. The summed E-state index contributed by atoms with van der Waals surface area (Å²) in [4.78, 5) is 1.99. The summed E-state index contributed by atoms with van der Waals surface area (Å²) in [6.07, 6.45) is 9.65. The second-order valence-corrected chi connectivity index (χ2v) is 5.24. The molecule has 0 saturated heterocycles. The van der Waals surface area contributed by atoms with Crippen molar-refractivity contribution in [2.24, 2.45) is 0 Å². The Balaban J connectivity index is 0.00000110. The van der Waals surface area contributed by atoms with Crippen LogP contribution in [0.25, 0.3) is 0 Å². The van der Waals surface area contributed by atoms with Gasteiger partial charge in [-0.2, -0.15) is 11.8 Å². The van der Waals surface area contributed by atoms with Gasteiger partial charge in [0.2, 0.25) is 0 Å². The van der Waals surface area contributed by atoms with Gasteiger partial charge < -0.3 is 4.90 Å². The zero-order valence-electron chi connectivity index (χ0n) is 13.0. The summed E-state index contributed by atoms with van der Waals surface area (Å²) < 4.78 is 0. The normalized spacial score (nSPS) is 10.1. The molecule has 20 heavy (non-hydrogen) atoms. The first kappa shape index (κ1) is 18.3. The van der Waals surface area contributed by atoms with Gasteiger partial charge in [-0.25, -0.2) is 0 Å². The van der Waals surface area contributed by atoms with Gasteiger partial charge in [0.25, 0.3) is 0 Å². The Hall–Kier alpha value is -1.67. The average molecular weight is 287 g/mol. The number of nitrogens with zero attached hydrogens (tertiary/aromatic N) is 1. The molecule has 0 aliphatic heterocycles. The number of hydrogen-bond donors (Lipinski definition) is 0. The zero-order valence-corrected chi connectivity index (χ0v) is 13.8. The van der Waals surface area contributed by atoms with Crippen LogP contribution in [0.3, 0.4) is 0 Å². The van der Waals surface area contributed by atoms with Crippen molar-refractivity contribution in [3.05, 3.63) is 79.2 Å². The number of anilines is 1. The lowest BCUT2D eigenvalue weighted by Crippen LogP contribution is -2.13. The number of thioether (sulfide) groups is 1. The summed E-state index contributed by atoms with van der Waals surface area (Å²) in [5, 5.41) is 0. The minimum atomic E-state index is 0.970. The lowest BCUT2D eigenvalue weighted by molar-refractivity contribution is 1.20. The van der Waals surface area contributed by atoms with Crippen molar-refractivity contribution in [2.45, 2.75) is 13.8 Å². The van der Waals surface area contributed by atoms with Crippen LogP contribution in [0.5, 0.6) is 0 Å². The molecule has 0 amide bonds. The second kappa shape index (κ2) is 10.2. The van der Waals surface area contributed by atoms with Gasteiger partial charge in [0.05, 0.1) is 0 Å². The minimum Gasteiger partial charge on any atom is -0.318 e. The maximum atomic E-state index is 3.89. The van der Waals surface area contributed by atoms with E-state index in [0.29, 0.717) is 0 Å². The van der Waals surface area contributed by atoms with Crippen LogP contribution in [-0.4, -0.2) is 12.5 Å². The Kier molecular flexibility index (Phi) is 9.31. The fourth-order valence-electron chi connectivity index (χ4n) is 1.62. The van der Waals surface area contributed by atoms with E-state index < -0.39 is 0 Å². The van der Waals surface area contributed by atoms with E-state index in [2.05, 4.69) is 38.8 Å². The van der Waals surface area contributed by atoms with Crippen LogP contribution in [0, 0.1) is 6.92 Å². The molecule has 0 N–H and O–H groups in total. The fraction of sp³-hybridized carbons (Fsp3) is 0.222. The van der Waals surface area contributed by atoms with Gasteiger partial charge in [0.15, 0.2) is 0 Å². The Morgan fingerprint density at radius 2 is 1.85 bits per heavy atom. The van der Waals surface area contributed by atoms with E-state index in [9.17, 15) is 0 Å².